The van der Waals surface area contributed by atoms with Crippen molar-refractivity contribution in [2.45, 2.75) is 20.4 Å². The minimum Gasteiger partial charge on any atom is -0.461 e. The Labute approximate surface area is 75.9 Å². The molecule has 0 radical (unpaired) electrons. The first-order valence-electron chi connectivity index (χ1n) is 4.02. The Kier molecular flexibility index (Phi) is 3.02. The van der Waals surface area contributed by atoms with E-state index in [1.807, 2.05) is 0 Å². The van der Waals surface area contributed by atoms with E-state index in [2.05, 4.69) is 4.98 Å². The molecule has 0 saturated carbocycles. The van der Waals surface area contributed by atoms with Crippen LogP contribution in [-0.4, -0.2) is 17.6 Å². The number of rotatable bonds is 3. The number of oxazole rings is 1. The molecule has 0 atom stereocenters. The molecule has 1 rings (SSSR count). The summed E-state index contributed by atoms with van der Waals surface area (Å²) in [6, 6.07) is 0. The van der Waals surface area contributed by atoms with Crippen LogP contribution >= 0.6 is 0 Å². The smallest absolute Gasteiger partial charge is 0.360 e. The summed E-state index contributed by atoms with van der Waals surface area (Å²) in [5.74, 6) is 0.322. The fourth-order valence-corrected chi connectivity index (χ4v) is 0.927. The maximum Gasteiger partial charge on any atom is 0.360 e. The lowest BCUT2D eigenvalue weighted by Gasteiger charge is -1.96. The van der Waals surface area contributed by atoms with Crippen molar-refractivity contribution >= 4 is 5.97 Å². The second kappa shape index (κ2) is 4.04. The van der Waals surface area contributed by atoms with Crippen molar-refractivity contribution < 1.29 is 13.9 Å². The summed E-state index contributed by atoms with van der Waals surface area (Å²) in [7, 11) is 0. The third-order valence-corrected chi connectivity index (χ3v) is 1.48. The van der Waals surface area contributed by atoms with E-state index in [1.54, 1.807) is 13.8 Å². The highest BCUT2D eigenvalue weighted by atomic mass is 16.5. The molecule has 0 amide bonds. The molecule has 5 heteroatoms. The number of ether oxygens (including phenoxy) is 1. The Hall–Kier alpha value is -1.36. The molecule has 0 saturated heterocycles. The third-order valence-electron chi connectivity index (χ3n) is 1.48. The predicted octanol–water partition coefficient (Wildman–Crippen LogP) is 0.618. The van der Waals surface area contributed by atoms with Crippen molar-refractivity contribution in [1.82, 2.24) is 4.98 Å². The molecule has 1 aromatic heterocycles. The van der Waals surface area contributed by atoms with Crippen LogP contribution in [0, 0.1) is 6.92 Å². The monoisotopic (exact) mass is 184 g/mol. The maximum atomic E-state index is 11.2. The number of nitrogens with zero attached hydrogens (tertiary/aromatic N) is 1. The third kappa shape index (κ3) is 2.06. The van der Waals surface area contributed by atoms with Crippen LogP contribution < -0.4 is 5.73 Å². The van der Waals surface area contributed by atoms with E-state index in [0.717, 1.165) is 0 Å². The summed E-state index contributed by atoms with van der Waals surface area (Å²) in [6.45, 7) is 3.89. The molecule has 0 spiro atoms. The Morgan fingerprint density at radius 3 is 2.85 bits per heavy atom. The van der Waals surface area contributed by atoms with Crippen LogP contribution in [0.25, 0.3) is 0 Å². The van der Waals surface area contributed by atoms with Gasteiger partial charge in [0, 0.05) is 0 Å². The summed E-state index contributed by atoms with van der Waals surface area (Å²) < 4.78 is 9.86. The van der Waals surface area contributed by atoms with Gasteiger partial charge in [-0.1, -0.05) is 0 Å². The van der Waals surface area contributed by atoms with Gasteiger partial charge in [-0.3, -0.25) is 0 Å². The van der Waals surface area contributed by atoms with Gasteiger partial charge in [-0.05, 0) is 13.8 Å². The second-order valence-electron chi connectivity index (χ2n) is 2.44. The van der Waals surface area contributed by atoms with Crippen LogP contribution in [0.4, 0.5) is 0 Å². The van der Waals surface area contributed by atoms with E-state index in [4.69, 9.17) is 14.9 Å². The van der Waals surface area contributed by atoms with Crippen LogP contribution in [0.3, 0.4) is 0 Å². The average molecular weight is 184 g/mol. The van der Waals surface area contributed by atoms with Crippen molar-refractivity contribution in [2.24, 2.45) is 5.73 Å². The first-order valence-corrected chi connectivity index (χ1v) is 4.02. The van der Waals surface area contributed by atoms with Gasteiger partial charge in [-0.15, -0.1) is 0 Å². The first-order chi connectivity index (χ1) is 6.19. The number of esters is 1. The minimum absolute atomic E-state index is 0.181. The SMILES string of the molecule is CCOC(=O)c1nc(CN)oc1C. The van der Waals surface area contributed by atoms with Crippen LogP contribution in [-0.2, 0) is 11.3 Å². The van der Waals surface area contributed by atoms with Crippen molar-refractivity contribution in [3.05, 3.63) is 17.3 Å². The molecule has 0 aromatic carbocycles. The molecule has 0 aliphatic carbocycles. The number of aromatic nitrogens is 1. The summed E-state index contributed by atoms with van der Waals surface area (Å²) in [5, 5.41) is 0. The zero-order valence-corrected chi connectivity index (χ0v) is 7.66. The van der Waals surface area contributed by atoms with Crippen molar-refractivity contribution in [3.8, 4) is 0 Å². The summed E-state index contributed by atoms with van der Waals surface area (Å²) >= 11 is 0. The molecule has 72 valence electrons. The molecule has 0 bridgehead atoms. The van der Waals surface area contributed by atoms with E-state index in [1.165, 1.54) is 0 Å². The van der Waals surface area contributed by atoms with Crippen molar-refractivity contribution in [1.29, 1.82) is 0 Å². The van der Waals surface area contributed by atoms with E-state index in [9.17, 15) is 4.79 Å². The van der Waals surface area contributed by atoms with Gasteiger partial charge in [0.25, 0.3) is 0 Å². The number of nitrogens with two attached hydrogens (primary N) is 1. The molecular formula is C8H12N2O3. The van der Waals surface area contributed by atoms with Crippen LogP contribution in [0.15, 0.2) is 4.42 Å². The Morgan fingerprint density at radius 1 is 1.69 bits per heavy atom. The number of carbonyl (C=O) groups excluding carboxylic acids is 1. The standard InChI is InChI=1S/C8H12N2O3/c1-3-12-8(11)7-5(2)13-6(4-9)10-7/h3-4,9H2,1-2H3. The molecule has 13 heavy (non-hydrogen) atoms. The van der Waals surface area contributed by atoms with Crippen LogP contribution in [0.1, 0.15) is 29.1 Å². The topological polar surface area (TPSA) is 78.3 Å². The zero-order valence-electron chi connectivity index (χ0n) is 7.66. The lowest BCUT2D eigenvalue weighted by Crippen LogP contribution is -2.07. The van der Waals surface area contributed by atoms with Gasteiger partial charge < -0.3 is 14.9 Å². The van der Waals surface area contributed by atoms with E-state index in [0.29, 0.717) is 18.3 Å². The Bertz CT molecular complexity index is 306. The predicted molar refractivity (Wildman–Crippen MR) is 45.1 cm³/mol. The van der Waals surface area contributed by atoms with Crippen LogP contribution in [0.5, 0.6) is 0 Å². The fraction of sp³-hybridized carbons (Fsp3) is 0.500. The molecule has 1 aromatic rings. The van der Waals surface area contributed by atoms with E-state index >= 15 is 0 Å². The molecule has 0 aliphatic rings. The van der Waals surface area contributed by atoms with E-state index < -0.39 is 5.97 Å². The van der Waals surface area contributed by atoms with Crippen molar-refractivity contribution in [2.75, 3.05) is 6.61 Å². The molecule has 1 heterocycles. The molecule has 0 aliphatic heterocycles. The van der Waals surface area contributed by atoms with Gasteiger partial charge in [0.2, 0.25) is 5.89 Å². The lowest BCUT2D eigenvalue weighted by atomic mass is 10.4. The van der Waals surface area contributed by atoms with Gasteiger partial charge in [0.15, 0.2) is 5.69 Å². The fourth-order valence-electron chi connectivity index (χ4n) is 0.927. The van der Waals surface area contributed by atoms with Crippen molar-refractivity contribution in [3.63, 3.8) is 0 Å². The van der Waals surface area contributed by atoms with Gasteiger partial charge >= 0.3 is 5.97 Å². The molecule has 0 fully saturated rings. The largest absolute Gasteiger partial charge is 0.461 e. The number of hydrogen-bond acceptors (Lipinski definition) is 5. The highest BCUT2D eigenvalue weighted by Gasteiger charge is 2.16. The summed E-state index contributed by atoms with van der Waals surface area (Å²) in [6.07, 6.45) is 0. The highest BCUT2D eigenvalue weighted by Crippen LogP contribution is 2.10. The Balaban J connectivity index is 2.87. The Morgan fingerprint density at radius 2 is 2.38 bits per heavy atom. The van der Waals surface area contributed by atoms with E-state index in [-0.39, 0.29) is 12.2 Å². The van der Waals surface area contributed by atoms with Gasteiger partial charge in [-0.2, -0.15) is 0 Å². The molecule has 2 N–H and O–H groups in total. The summed E-state index contributed by atoms with van der Waals surface area (Å²) in [5.41, 5.74) is 5.51. The number of carbonyl (C=O) groups is 1. The molecule has 0 unspecified atom stereocenters. The highest BCUT2D eigenvalue weighted by molar-refractivity contribution is 5.88. The lowest BCUT2D eigenvalue weighted by molar-refractivity contribution is 0.0518. The number of hydrogen-bond donors (Lipinski definition) is 1. The second-order valence-corrected chi connectivity index (χ2v) is 2.44. The maximum absolute atomic E-state index is 11.2. The van der Waals surface area contributed by atoms with Crippen LogP contribution in [0.2, 0.25) is 0 Å². The van der Waals surface area contributed by atoms with Gasteiger partial charge in [0.1, 0.15) is 5.76 Å². The molecular weight excluding hydrogens is 172 g/mol. The molecule has 5 nitrogen and oxygen atoms in total. The summed E-state index contributed by atoms with van der Waals surface area (Å²) in [4.78, 5) is 15.1. The average Bonchev–Trinajstić information content (AvgIpc) is 2.47. The first kappa shape index (κ1) is 9.73. The number of aryl methyl sites for hydroxylation is 1. The van der Waals surface area contributed by atoms with Gasteiger partial charge in [0.05, 0.1) is 13.2 Å². The zero-order chi connectivity index (χ0) is 9.84. The quantitative estimate of drug-likeness (QED) is 0.696. The normalized spacial score (nSPS) is 10.1. The minimum atomic E-state index is -0.469. The van der Waals surface area contributed by atoms with Gasteiger partial charge in [-0.25, -0.2) is 9.78 Å².